The maximum absolute atomic E-state index is 11.8. The molecule has 1 heterocycles. The smallest absolute Gasteiger partial charge is 0.230 e. The largest absolute Gasteiger partial charge is 0.393 e. The van der Waals surface area contributed by atoms with Crippen molar-refractivity contribution in [1.29, 1.82) is 0 Å². The summed E-state index contributed by atoms with van der Waals surface area (Å²) in [5, 5.41) is 15.8. The Bertz CT molecular complexity index is 363. The van der Waals surface area contributed by atoms with Crippen LogP contribution in [0.3, 0.4) is 0 Å². The summed E-state index contributed by atoms with van der Waals surface area (Å²) in [4.78, 5) is 12.0. The summed E-state index contributed by atoms with van der Waals surface area (Å²) in [6.07, 6.45) is 0. The van der Waals surface area contributed by atoms with Crippen molar-refractivity contribution >= 4 is 23.1 Å². The molecule has 1 unspecified atom stereocenters. The Morgan fingerprint density at radius 1 is 1.62 bits per heavy atom. The summed E-state index contributed by atoms with van der Waals surface area (Å²) >= 11 is 4.85. The molecule has 7 nitrogen and oxygen atoms in total. The van der Waals surface area contributed by atoms with Gasteiger partial charge in [-0.25, -0.2) is 0 Å². The molecule has 0 saturated carbocycles. The van der Waals surface area contributed by atoms with Crippen LogP contribution in [-0.2, 0) is 11.3 Å². The normalized spacial score (nSPS) is 12.4. The standard InChI is InChI=1S/C8H14N6OS/c1-4(2)6(7(9)16)8(15)10-3-5-11-13-14-12-5/h4,6H,3H2,1-2H3,(H2,9,16)(H,10,15)(H,11,12,13,14). The summed E-state index contributed by atoms with van der Waals surface area (Å²) in [6.45, 7) is 3.98. The first kappa shape index (κ1) is 12.5. The number of hydrogen-bond acceptors (Lipinski definition) is 5. The van der Waals surface area contributed by atoms with Gasteiger partial charge in [0.05, 0.1) is 17.5 Å². The van der Waals surface area contributed by atoms with Gasteiger partial charge >= 0.3 is 0 Å². The molecule has 0 aliphatic rings. The number of thiocarbonyl (C=S) groups is 1. The molecule has 0 saturated heterocycles. The zero-order chi connectivity index (χ0) is 12.1. The fourth-order valence-corrected chi connectivity index (χ4v) is 1.67. The zero-order valence-corrected chi connectivity index (χ0v) is 9.91. The van der Waals surface area contributed by atoms with Crippen LogP contribution in [0.2, 0.25) is 0 Å². The second-order valence-electron chi connectivity index (χ2n) is 3.67. The monoisotopic (exact) mass is 242 g/mol. The summed E-state index contributed by atoms with van der Waals surface area (Å²) in [5.74, 6) is -0.212. The summed E-state index contributed by atoms with van der Waals surface area (Å²) in [5.41, 5.74) is 5.51. The van der Waals surface area contributed by atoms with Crippen molar-refractivity contribution in [3.8, 4) is 0 Å². The first-order chi connectivity index (χ1) is 7.52. The van der Waals surface area contributed by atoms with Crippen LogP contribution in [0.15, 0.2) is 0 Å². The highest BCUT2D eigenvalue weighted by Crippen LogP contribution is 2.11. The molecule has 16 heavy (non-hydrogen) atoms. The minimum atomic E-state index is -0.470. The van der Waals surface area contributed by atoms with Crippen molar-refractivity contribution < 1.29 is 4.79 Å². The number of nitrogens with one attached hydrogen (secondary N) is 2. The van der Waals surface area contributed by atoms with Crippen LogP contribution < -0.4 is 11.1 Å². The Labute approximate surface area is 98.2 Å². The lowest BCUT2D eigenvalue weighted by Gasteiger charge is -2.18. The number of aromatic amines is 1. The predicted octanol–water partition coefficient (Wildman–Crippen LogP) is -0.626. The average molecular weight is 242 g/mol. The third-order valence-corrected chi connectivity index (χ3v) is 2.32. The van der Waals surface area contributed by atoms with Gasteiger partial charge in [-0.2, -0.15) is 5.21 Å². The SMILES string of the molecule is CC(C)C(C(=O)NCc1nn[nH]n1)C(N)=S. The molecule has 0 aliphatic heterocycles. The van der Waals surface area contributed by atoms with Gasteiger partial charge in [0.2, 0.25) is 5.91 Å². The van der Waals surface area contributed by atoms with Crippen molar-refractivity contribution in [3.63, 3.8) is 0 Å². The van der Waals surface area contributed by atoms with E-state index in [1.807, 2.05) is 13.8 Å². The molecule has 0 fully saturated rings. The second-order valence-corrected chi connectivity index (χ2v) is 4.14. The first-order valence-corrected chi connectivity index (χ1v) is 5.22. The predicted molar refractivity (Wildman–Crippen MR) is 61.1 cm³/mol. The van der Waals surface area contributed by atoms with Gasteiger partial charge in [0.1, 0.15) is 0 Å². The van der Waals surface area contributed by atoms with Crippen molar-refractivity contribution in [2.75, 3.05) is 0 Å². The second kappa shape index (κ2) is 5.50. The molecule has 1 aromatic heterocycles. The highest BCUT2D eigenvalue weighted by molar-refractivity contribution is 7.80. The number of tetrazole rings is 1. The number of rotatable bonds is 5. The summed E-state index contributed by atoms with van der Waals surface area (Å²) < 4.78 is 0. The molecule has 4 N–H and O–H groups in total. The van der Waals surface area contributed by atoms with Crippen LogP contribution in [0.5, 0.6) is 0 Å². The third-order valence-electron chi connectivity index (χ3n) is 2.07. The van der Waals surface area contributed by atoms with E-state index in [2.05, 4.69) is 25.9 Å². The molecule has 0 spiro atoms. The van der Waals surface area contributed by atoms with Crippen LogP contribution in [0, 0.1) is 11.8 Å². The quantitative estimate of drug-likeness (QED) is 0.593. The molecule has 1 rings (SSSR count). The lowest BCUT2D eigenvalue weighted by molar-refractivity contribution is -0.124. The number of aromatic nitrogens is 4. The Morgan fingerprint density at radius 2 is 2.31 bits per heavy atom. The fourth-order valence-electron chi connectivity index (χ4n) is 1.29. The molecule has 1 atom stereocenters. The average Bonchev–Trinajstić information content (AvgIpc) is 2.65. The highest BCUT2D eigenvalue weighted by Gasteiger charge is 2.24. The van der Waals surface area contributed by atoms with Crippen molar-refractivity contribution in [2.45, 2.75) is 20.4 Å². The van der Waals surface area contributed by atoms with E-state index in [4.69, 9.17) is 18.0 Å². The molecule has 88 valence electrons. The maximum Gasteiger partial charge on any atom is 0.230 e. The Morgan fingerprint density at radius 3 is 2.75 bits per heavy atom. The van der Waals surface area contributed by atoms with E-state index >= 15 is 0 Å². The van der Waals surface area contributed by atoms with E-state index in [1.54, 1.807) is 0 Å². The number of nitrogens with zero attached hydrogens (tertiary/aromatic N) is 3. The summed E-state index contributed by atoms with van der Waals surface area (Å²) in [7, 11) is 0. The molecule has 0 aromatic carbocycles. The van der Waals surface area contributed by atoms with Crippen LogP contribution >= 0.6 is 12.2 Å². The van der Waals surface area contributed by atoms with Gasteiger partial charge in [0, 0.05) is 0 Å². The van der Waals surface area contributed by atoms with E-state index in [9.17, 15) is 4.79 Å². The fraction of sp³-hybridized carbons (Fsp3) is 0.625. The highest BCUT2D eigenvalue weighted by atomic mass is 32.1. The van der Waals surface area contributed by atoms with E-state index in [0.29, 0.717) is 5.82 Å². The van der Waals surface area contributed by atoms with Crippen molar-refractivity contribution in [3.05, 3.63) is 5.82 Å². The van der Waals surface area contributed by atoms with Crippen molar-refractivity contribution in [1.82, 2.24) is 25.9 Å². The number of hydrogen-bond donors (Lipinski definition) is 3. The molecule has 1 amide bonds. The van der Waals surface area contributed by atoms with Gasteiger partial charge in [0.25, 0.3) is 0 Å². The Hall–Kier alpha value is -1.57. The van der Waals surface area contributed by atoms with Gasteiger partial charge in [-0.1, -0.05) is 31.3 Å². The zero-order valence-electron chi connectivity index (χ0n) is 9.10. The number of carbonyl (C=O) groups is 1. The number of carbonyl (C=O) groups excluding carboxylic acids is 1. The van der Waals surface area contributed by atoms with Crippen LogP contribution in [-0.4, -0.2) is 31.5 Å². The lowest BCUT2D eigenvalue weighted by Crippen LogP contribution is -2.40. The van der Waals surface area contributed by atoms with Gasteiger partial charge in [-0.15, -0.1) is 10.2 Å². The number of H-pyrrole nitrogens is 1. The molecule has 8 heteroatoms. The molecular formula is C8H14N6OS. The van der Waals surface area contributed by atoms with Crippen molar-refractivity contribution in [2.24, 2.45) is 17.6 Å². The Kier molecular flexibility index (Phi) is 4.29. The Balaban J connectivity index is 2.53. The van der Waals surface area contributed by atoms with Gasteiger partial charge in [-0.3, -0.25) is 4.79 Å². The lowest BCUT2D eigenvalue weighted by atomic mass is 9.95. The topological polar surface area (TPSA) is 110 Å². The van der Waals surface area contributed by atoms with E-state index in [-0.39, 0.29) is 23.4 Å². The molecule has 0 radical (unpaired) electrons. The maximum atomic E-state index is 11.8. The molecular weight excluding hydrogens is 228 g/mol. The van der Waals surface area contributed by atoms with E-state index in [0.717, 1.165) is 0 Å². The number of nitrogens with two attached hydrogens (primary N) is 1. The van der Waals surface area contributed by atoms with E-state index in [1.165, 1.54) is 0 Å². The third kappa shape index (κ3) is 3.23. The van der Waals surface area contributed by atoms with Crippen LogP contribution in [0.1, 0.15) is 19.7 Å². The summed E-state index contributed by atoms with van der Waals surface area (Å²) in [6, 6.07) is 0. The molecule has 1 aromatic rings. The van der Waals surface area contributed by atoms with E-state index < -0.39 is 5.92 Å². The molecule has 0 aliphatic carbocycles. The molecule has 0 bridgehead atoms. The van der Waals surface area contributed by atoms with Gasteiger partial charge in [-0.05, 0) is 5.92 Å². The minimum Gasteiger partial charge on any atom is -0.393 e. The minimum absolute atomic E-state index is 0.0581. The number of amides is 1. The van der Waals surface area contributed by atoms with Gasteiger partial charge in [0.15, 0.2) is 5.82 Å². The van der Waals surface area contributed by atoms with Gasteiger partial charge < -0.3 is 11.1 Å². The first-order valence-electron chi connectivity index (χ1n) is 4.81. The van der Waals surface area contributed by atoms with Crippen LogP contribution in [0.25, 0.3) is 0 Å². The van der Waals surface area contributed by atoms with Crippen LogP contribution in [0.4, 0.5) is 0 Å².